The Bertz CT molecular complexity index is 398. The van der Waals surface area contributed by atoms with Crippen LogP contribution in [0.3, 0.4) is 0 Å². The maximum absolute atomic E-state index is 13.2. The summed E-state index contributed by atoms with van der Waals surface area (Å²) >= 11 is 0. The maximum atomic E-state index is 13.2. The van der Waals surface area contributed by atoms with Crippen LogP contribution in [0.4, 0.5) is 10.1 Å². The highest BCUT2D eigenvalue weighted by Crippen LogP contribution is 2.27. The summed E-state index contributed by atoms with van der Waals surface area (Å²) in [5.74, 6) is -0.143. The van der Waals surface area contributed by atoms with Crippen molar-refractivity contribution in [3.63, 3.8) is 0 Å². The van der Waals surface area contributed by atoms with Crippen LogP contribution in [0, 0.1) is 5.82 Å². The molecule has 19 heavy (non-hydrogen) atoms. The first-order valence-electron chi connectivity index (χ1n) is 7.13. The van der Waals surface area contributed by atoms with E-state index in [4.69, 9.17) is 4.74 Å². The van der Waals surface area contributed by atoms with Crippen molar-refractivity contribution in [2.24, 2.45) is 0 Å². The molecule has 1 heterocycles. The van der Waals surface area contributed by atoms with Gasteiger partial charge in [-0.2, -0.15) is 0 Å². The van der Waals surface area contributed by atoms with Gasteiger partial charge in [0.25, 0.3) is 0 Å². The fourth-order valence-corrected chi connectivity index (χ4v) is 2.43. The third-order valence-corrected chi connectivity index (χ3v) is 3.44. The van der Waals surface area contributed by atoms with E-state index in [1.54, 1.807) is 12.1 Å². The number of hydrogen-bond acceptors (Lipinski definition) is 3. The molecule has 0 spiro atoms. The normalized spacial score (nSPS) is 13.9. The van der Waals surface area contributed by atoms with Gasteiger partial charge in [0.05, 0.1) is 0 Å². The monoisotopic (exact) mass is 266 g/mol. The van der Waals surface area contributed by atoms with Crippen LogP contribution in [0.1, 0.15) is 18.9 Å². The van der Waals surface area contributed by atoms with Crippen LogP contribution in [-0.4, -0.2) is 39.4 Å². The van der Waals surface area contributed by atoms with E-state index in [0.717, 1.165) is 57.9 Å². The lowest BCUT2D eigenvalue weighted by atomic mass is 10.2. The van der Waals surface area contributed by atoms with Crippen molar-refractivity contribution in [2.45, 2.75) is 19.8 Å². The number of rotatable bonds is 8. The number of halogens is 1. The third-order valence-electron chi connectivity index (χ3n) is 3.44. The summed E-state index contributed by atoms with van der Waals surface area (Å²) < 4.78 is 18.5. The van der Waals surface area contributed by atoms with Crippen LogP contribution in [0.2, 0.25) is 0 Å². The lowest BCUT2D eigenvalue weighted by molar-refractivity contribution is 0.145. The minimum atomic E-state index is -0.143. The van der Waals surface area contributed by atoms with E-state index in [1.807, 2.05) is 13.0 Å². The summed E-state index contributed by atoms with van der Waals surface area (Å²) in [4.78, 5) is 2.26. The van der Waals surface area contributed by atoms with Gasteiger partial charge in [-0.05, 0) is 44.0 Å². The first-order chi connectivity index (χ1) is 9.31. The largest absolute Gasteiger partial charge is 0.382 e. The SMILES string of the molecule is CCOCCCNCCN1CCc2ccc(F)cc21. The number of ether oxygens (including phenoxy) is 1. The van der Waals surface area contributed by atoms with Crippen LogP contribution in [0.25, 0.3) is 0 Å². The molecule has 0 aliphatic carbocycles. The van der Waals surface area contributed by atoms with Crippen LogP contribution < -0.4 is 10.2 Å². The second-order valence-electron chi connectivity index (χ2n) is 4.81. The molecule has 3 nitrogen and oxygen atoms in total. The second-order valence-corrected chi connectivity index (χ2v) is 4.81. The van der Waals surface area contributed by atoms with Crippen molar-refractivity contribution in [1.29, 1.82) is 0 Å². The number of nitrogens with zero attached hydrogens (tertiary/aromatic N) is 1. The molecule has 0 radical (unpaired) electrons. The van der Waals surface area contributed by atoms with Crippen molar-refractivity contribution >= 4 is 5.69 Å². The van der Waals surface area contributed by atoms with E-state index in [2.05, 4.69) is 10.2 Å². The lowest BCUT2D eigenvalue weighted by Gasteiger charge is -2.19. The predicted octanol–water partition coefficient (Wildman–Crippen LogP) is 2.20. The highest BCUT2D eigenvalue weighted by Gasteiger charge is 2.18. The fraction of sp³-hybridized carbons (Fsp3) is 0.600. The van der Waals surface area contributed by atoms with Gasteiger partial charge in [-0.1, -0.05) is 6.07 Å². The van der Waals surface area contributed by atoms with Crippen LogP contribution in [0.15, 0.2) is 18.2 Å². The van der Waals surface area contributed by atoms with E-state index >= 15 is 0 Å². The summed E-state index contributed by atoms with van der Waals surface area (Å²) in [5, 5.41) is 3.40. The van der Waals surface area contributed by atoms with Crippen LogP contribution in [-0.2, 0) is 11.2 Å². The van der Waals surface area contributed by atoms with Gasteiger partial charge in [-0.25, -0.2) is 4.39 Å². The Morgan fingerprint density at radius 3 is 3.11 bits per heavy atom. The first-order valence-corrected chi connectivity index (χ1v) is 7.13. The molecule has 4 heteroatoms. The van der Waals surface area contributed by atoms with E-state index in [9.17, 15) is 4.39 Å². The van der Waals surface area contributed by atoms with E-state index in [1.165, 1.54) is 5.56 Å². The zero-order valence-corrected chi connectivity index (χ0v) is 11.6. The van der Waals surface area contributed by atoms with E-state index < -0.39 is 0 Å². The van der Waals surface area contributed by atoms with Crippen molar-refractivity contribution in [3.05, 3.63) is 29.6 Å². The minimum absolute atomic E-state index is 0.143. The Morgan fingerprint density at radius 1 is 1.37 bits per heavy atom. The number of anilines is 1. The highest BCUT2D eigenvalue weighted by atomic mass is 19.1. The molecule has 0 bridgehead atoms. The summed E-state index contributed by atoms with van der Waals surface area (Å²) in [6, 6.07) is 5.10. The molecule has 2 rings (SSSR count). The van der Waals surface area contributed by atoms with Crippen molar-refractivity contribution in [1.82, 2.24) is 5.32 Å². The molecule has 106 valence electrons. The molecule has 0 unspecified atom stereocenters. The summed E-state index contributed by atoms with van der Waals surface area (Å²) in [6.07, 6.45) is 2.07. The van der Waals surface area contributed by atoms with Crippen molar-refractivity contribution < 1.29 is 9.13 Å². The van der Waals surface area contributed by atoms with Gasteiger partial charge in [-0.3, -0.25) is 0 Å². The second kappa shape index (κ2) is 7.46. The van der Waals surface area contributed by atoms with Crippen LogP contribution in [0.5, 0.6) is 0 Å². The Hall–Kier alpha value is -1.13. The molecule has 1 aliphatic heterocycles. The molecule has 0 saturated carbocycles. The standard InChI is InChI=1S/C15H23FN2O/c1-2-19-11-3-7-17-8-10-18-9-6-13-4-5-14(16)12-15(13)18/h4-5,12,17H,2-3,6-11H2,1H3. The van der Waals surface area contributed by atoms with Crippen LogP contribution >= 0.6 is 0 Å². The molecule has 0 aromatic heterocycles. The van der Waals surface area contributed by atoms with E-state index in [-0.39, 0.29) is 5.82 Å². The topological polar surface area (TPSA) is 24.5 Å². The Labute approximate surface area is 114 Å². The Kier molecular flexibility index (Phi) is 5.61. The molecular weight excluding hydrogens is 243 g/mol. The maximum Gasteiger partial charge on any atom is 0.125 e. The van der Waals surface area contributed by atoms with Gasteiger partial charge in [0.2, 0.25) is 0 Å². The molecular formula is C15H23FN2O. The molecule has 1 aromatic carbocycles. The van der Waals surface area contributed by atoms with E-state index in [0.29, 0.717) is 0 Å². The van der Waals surface area contributed by atoms with Gasteiger partial charge in [0.1, 0.15) is 5.82 Å². The first kappa shape index (κ1) is 14.3. The molecule has 1 N–H and O–H groups in total. The zero-order chi connectivity index (χ0) is 13.5. The highest BCUT2D eigenvalue weighted by molar-refractivity contribution is 5.58. The quantitative estimate of drug-likeness (QED) is 0.730. The summed E-state index contributed by atoms with van der Waals surface area (Å²) in [6.45, 7) is 7.46. The molecule has 1 aliphatic rings. The molecule has 0 atom stereocenters. The number of benzene rings is 1. The molecule has 0 amide bonds. The molecule has 0 fully saturated rings. The number of nitrogens with one attached hydrogen (secondary N) is 1. The zero-order valence-electron chi connectivity index (χ0n) is 11.6. The summed E-state index contributed by atoms with van der Waals surface area (Å²) in [7, 11) is 0. The molecule has 1 aromatic rings. The smallest absolute Gasteiger partial charge is 0.125 e. The lowest BCUT2D eigenvalue weighted by Crippen LogP contribution is -2.31. The fourth-order valence-electron chi connectivity index (χ4n) is 2.43. The van der Waals surface area contributed by atoms with Gasteiger partial charge < -0.3 is 15.0 Å². The number of hydrogen-bond donors (Lipinski definition) is 1. The number of fused-ring (bicyclic) bond motifs is 1. The minimum Gasteiger partial charge on any atom is -0.382 e. The molecule has 0 saturated heterocycles. The third kappa shape index (κ3) is 4.18. The average Bonchev–Trinajstić information content (AvgIpc) is 2.80. The summed E-state index contributed by atoms with van der Waals surface area (Å²) in [5.41, 5.74) is 2.33. The van der Waals surface area contributed by atoms with Crippen molar-refractivity contribution in [2.75, 3.05) is 44.3 Å². The Morgan fingerprint density at radius 2 is 2.26 bits per heavy atom. The van der Waals surface area contributed by atoms with Gasteiger partial charge in [0, 0.05) is 38.5 Å². The van der Waals surface area contributed by atoms with Gasteiger partial charge in [0.15, 0.2) is 0 Å². The van der Waals surface area contributed by atoms with Gasteiger partial charge >= 0.3 is 0 Å². The van der Waals surface area contributed by atoms with Crippen molar-refractivity contribution in [3.8, 4) is 0 Å². The van der Waals surface area contributed by atoms with Gasteiger partial charge in [-0.15, -0.1) is 0 Å². The Balaban J connectivity index is 1.67. The predicted molar refractivity (Wildman–Crippen MR) is 76.3 cm³/mol. The average molecular weight is 266 g/mol.